The molecule has 1 aromatic heterocycles. The fraction of sp³-hybridized carbons (Fsp3) is 0.280. The quantitative estimate of drug-likeness (QED) is 0.569. The van der Waals surface area contributed by atoms with Crippen molar-refractivity contribution in [3.63, 3.8) is 0 Å². The lowest BCUT2D eigenvalue weighted by Crippen LogP contribution is -2.48. The third-order valence-corrected chi connectivity index (χ3v) is 5.99. The fourth-order valence-corrected chi connectivity index (χ4v) is 3.97. The first-order valence-corrected chi connectivity index (χ1v) is 11.0. The molecule has 0 spiro atoms. The number of rotatable bonds is 7. The molecule has 160 valence electrons. The zero-order valence-electron chi connectivity index (χ0n) is 17.5. The molecule has 1 fully saturated rings. The first-order chi connectivity index (χ1) is 15.1. The number of benzene rings is 2. The number of nitrogen functional groups attached to an aromatic ring is 1. The summed E-state index contributed by atoms with van der Waals surface area (Å²) in [5, 5.41) is 0.654. The molecule has 1 aliphatic heterocycles. The van der Waals surface area contributed by atoms with Gasteiger partial charge in [-0.3, -0.25) is 9.69 Å². The van der Waals surface area contributed by atoms with Gasteiger partial charge in [0.15, 0.2) is 5.78 Å². The summed E-state index contributed by atoms with van der Waals surface area (Å²) < 4.78 is 0. The van der Waals surface area contributed by atoms with Gasteiger partial charge in [-0.15, -0.1) is 0 Å². The zero-order valence-corrected chi connectivity index (χ0v) is 18.3. The number of nitrogens with two attached hydrogens (primary N) is 1. The second-order valence-electron chi connectivity index (χ2n) is 7.94. The Hall–Kier alpha value is -2.73. The summed E-state index contributed by atoms with van der Waals surface area (Å²) in [5.41, 5.74) is 9.80. The number of piperazine rings is 1. The van der Waals surface area contributed by atoms with Gasteiger partial charge in [-0.2, -0.15) is 0 Å². The van der Waals surface area contributed by atoms with Gasteiger partial charge in [-0.1, -0.05) is 41.9 Å². The average Bonchev–Trinajstić information content (AvgIpc) is 2.79. The second kappa shape index (κ2) is 10.1. The maximum absolute atomic E-state index is 12.5. The number of carbonyl (C=O) groups is 1. The van der Waals surface area contributed by atoms with Gasteiger partial charge in [0.05, 0.1) is 12.2 Å². The molecule has 0 aliphatic carbocycles. The van der Waals surface area contributed by atoms with Crippen LogP contribution in [0.15, 0.2) is 66.7 Å². The number of hydrogen-bond donors (Lipinski definition) is 1. The fourth-order valence-electron chi connectivity index (χ4n) is 3.84. The molecule has 2 N–H and O–H groups in total. The number of nitrogens with zero attached hydrogens (tertiary/aromatic N) is 3. The smallest absolute Gasteiger partial charge is 0.176 e. The van der Waals surface area contributed by atoms with Crippen LogP contribution in [0, 0.1) is 0 Å². The number of pyridine rings is 1. The Balaban J connectivity index is 1.22. The van der Waals surface area contributed by atoms with Crippen LogP contribution in [0.3, 0.4) is 0 Å². The van der Waals surface area contributed by atoms with Crippen LogP contribution in [-0.4, -0.2) is 59.8 Å². The molecule has 2 aromatic carbocycles. The lowest BCUT2D eigenvalue weighted by atomic mass is 10.1. The maximum atomic E-state index is 12.5. The average molecular weight is 435 g/mol. The van der Waals surface area contributed by atoms with Crippen LogP contribution in [0.4, 0.5) is 5.82 Å². The molecule has 3 aromatic rings. The van der Waals surface area contributed by atoms with Crippen molar-refractivity contribution in [1.29, 1.82) is 0 Å². The number of Topliss-reactive ketones (excluding diaryl/α,β-unsaturated/α-hetero) is 1. The highest BCUT2D eigenvalue weighted by Crippen LogP contribution is 2.19. The van der Waals surface area contributed by atoms with Crippen molar-refractivity contribution in [2.45, 2.75) is 6.42 Å². The Morgan fingerprint density at radius 1 is 0.903 bits per heavy atom. The van der Waals surface area contributed by atoms with Crippen LogP contribution in [0.1, 0.15) is 15.9 Å². The number of carbonyl (C=O) groups excluding carboxylic acids is 1. The van der Waals surface area contributed by atoms with Crippen LogP contribution >= 0.6 is 11.6 Å². The summed E-state index contributed by atoms with van der Waals surface area (Å²) in [4.78, 5) is 21.5. The minimum Gasteiger partial charge on any atom is -0.384 e. The molecule has 4 rings (SSSR count). The van der Waals surface area contributed by atoms with Gasteiger partial charge in [0.2, 0.25) is 0 Å². The SMILES string of the molecule is Nc1cccc(-c2ccc(CCN3CCN(CC(=O)c4ccc(Cl)cc4)CC3)cc2)n1. The van der Waals surface area contributed by atoms with Crippen molar-refractivity contribution < 1.29 is 4.79 Å². The second-order valence-corrected chi connectivity index (χ2v) is 8.38. The summed E-state index contributed by atoms with van der Waals surface area (Å²) in [5.74, 6) is 0.690. The van der Waals surface area contributed by atoms with Gasteiger partial charge < -0.3 is 10.6 Å². The number of anilines is 1. The van der Waals surface area contributed by atoms with E-state index in [9.17, 15) is 4.79 Å². The monoisotopic (exact) mass is 434 g/mol. The van der Waals surface area contributed by atoms with Gasteiger partial charge in [-0.25, -0.2) is 4.98 Å². The first kappa shape index (κ1) is 21.5. The van der Waals surface area contributed by atoms with E-state index >= 15 is 0 Å². The molecule has 0 unspecified atom stereocenters. The third kappa shape index (κ3) is 5.91. The number of hydrogen-bond acceptors (Lipinski definition) is 5. The van der Waals surface area contributed by atoms with E-state index in [-0.39, 0.29) is 5.78 Å². The minimum atomic E-state index is 0.153. The molecular weight excluding hydrogens is 408 g/mol. The predicted octanol–water partition coefficient (Wildman–Crippen LogP) is 4.03. The molecule has 6 heteroatoms. The summed E-state index contributed by atoms with van der Waals surface area (Å²) in [6.07, 6.45) is 1.01. The zero-order chi connectivity index (χ0) is 21.6. The van der Waals surface area contributed by atoms with Crippen molar-refractivity contribution in [2.24, 2.45) is 0 Å². The summed E-state index contributed by atoms with van der Waals surface area (Å²) >= 11 is 5.91. The van der Waals surface area contributed by atoms with Gasteiger partial charge in [0.25, 0.3) is 0 Å². The molecule has 1 aliphatic rings. The Kier molecular flexibility index (Phi) is 6.97. The van der Waals surface area contributed by atoms with E-state index in [0.29, 0.717) is 17.4 Å². The molecular formula is C25H27ClN4O. The van der Waals surface area contributed by atoms with E-state index in [1.807, 2.05) is 12.1 Å². The molecule has 0 radical (unpaired) electrons. The van der Waals surface area contributed by atoms with Crippen molar-refractivity contribution in [1.82, 2.24) is 14.8 Å². The Morgan fingerprint density at radius 3 is 2.26 bits per heavy atom. The number of ketones is 1. The Labute approximate surface area is 188 Å². The third-order valence-electron chi connectivity index (χ3n) is 5.74. The molecule has 0 bridgehead atoms. The molecule has 31 heavy (non-hydrogen) atoms. The van der Waals surface area contributed by atoms with Crippen LogP contribution in [0.5, 0.6) is 0 Å². The van der Waals surface area contributed by atoms with E-state index in [4.69, 9.17) is 17.3 Å². The van der Waals surface area contributed by atoms with Gasteiger partial charge >= 0.3 is 0 Å². The van der Waals surface area contributed by atoms with Gasteiger partial charge in [-0.05, 0) is 48.4 Å². The van der Waals surface area contributed by atoms with Crippen molar-refractivity contribution in [3.05, 3.63) is 82.9 Å². The Morgan fingerprint density at radius 2 is 1.58 bits per heavy atom. The standard InChI is InChI=1S/C25H27ClN4O/c26-22-10-8-21(9-11-22)24(31)18-30-16-14-29(15-17-30)13-12-19-4-6-20(7-5-19)23-2-1-3-25(27)28-23/h1-11H,12-18H2,(H2,27,28). The largest absolute Gasteiger partial charge is 0.384 e. The highest BCUT2D eigenvalue weighted by atomic mass is 35.5. The normalized spacial score (nSPS) is 15.1. The highest BCUT2D eigenvalue weighted by Gasteiger charge is 2.19. The predicted molar refractivity (Wildman–Crippen MR) is 126 cm³/mol. The number of aromatic nitrogens is 1. The van der Waals surface area contributed by atoms with E-state index in [1.54, 1.807) is 30.3 Å². The van der Waals surface area contributed by atoms with Crippen molar-refractivity contribution in [2.75, 3.05) is 45.0 Å². The summed E-state index contributed by atoms with van der Waals surface area (Å²) in [6, 6.07) is 21.4. The lowest BCUT2D eigenvalue weighted by molar-refractivity contribution is 0.0854. The van der Waals surface area contributed by atoms with Crippen molar-refractivity contribution >= 4 is 23.2 Å². The summed E-state index contributed by atoms with van der Waals surface area (Å²) in [6.45, 7) is 5.29. The van der Waals surface area contributed by atoms with Crippen LogP contribution in [0.25, 0.3) is 11.3 Å². The van der Waals surface area contributed by atoms with E-state index in [2.05, 4.69) is 39.0 Å². The molecule has 0 amide bonds. The summed E-state index contributed by atoms with van der Waals surface area (Å²) in [7, 11) is 0. The minimum absolute atomic E-state index is 0.153. The van der Waals surface area contributed by atoms with Crippen LogP contribution in [0.2, 0.25) is 5.02 Å². The Bertz CT molecular complexity index is 1010. The molecule has 2 heterocycles. The maximum Gasteiger partial charge on any atom is 0.176 e. The molecule has 0 saturated carbocycles. The molecule has 0 atom stereocenters. The van der Waals surface area contributed by atoms with Crippen LogP contribution in [-0.2, 0) is 6.42 Å². The van der Waals surface area contributed by atoms with Gasteiger partial charge in [0, 0.05) is 48.9 Å². The topological polar surface area (TPSA) is 62.5 Å². The lowest BCUT2D eigenvalue weighted by Gasteiger charge is -2.34. The van der Waals surface area contributed by atoms with E-state index in [0.717, 1.165) is 56.0 Å². The van der Waals surface area contributed by atoms with E-state index < -0.39 is 0 Å². The highest BCUT2D eigenvalue weighted by molar-refractivity contribution is 6.30. The van der Waals surface area contributed by atoms with Gasteiger partial charge in [0.1, 0.15) is 5.82 Å². The molecule has 5 nitrogen and oxygen atoms in total. The first-order valence-electron chi connectivity index (χ1n) is 10.6. The van der Waals surface area contributed by atoms with E-state index in [1.165, 1.54) is 5.56 Å². The number of halogens is 1. The molecule has 1 saturated heterocycles. The van der Waals surface area contributed by atoms with Crippen molar-refractivity contribution in [3.8, 4) is 11.3 Å². The van der Waals surface area contributed by atoms with Crippen LogP contribution < -0.4 is 5.73 Å².